The lowest BCUT2D eigenvalue weighted by molar-refractivity contribution is -0.132. The number of aliphatic imine (C=N–C) groups is 1. The molecule has 4 aliphatic heterocycles. The Balaban J connectivity index is 1.29. The number of nitrogens with zero attached hydrogens (tertiary/aromatic N) is 3. The van der Waals surface area contributed by atoms with Gasteiger partial charge in [-0.25, -0.2) is 4.79 Å². The van der Waals surface area contributed by atoms with Gasteiger partial charge in [0.25, 0.3) is 0 Å². The maximum atomic E-state index is 13.2. The molecule has 39 heavy (non-hydrogen) atoms. The molecule has 2 aromatic rings. The Labute approximate surface area is 226 Å². The van der Waals surface area contributed by atoms with Gasteiger partial charge in [-0.3, -0.25) is 19.4 Å². The molecule has 2 unspecified atom stereocenters. The number of methoxy groups -OCH3 is 1. The summed E-state index contributed by atoms with van der Waals surface area (Å²) in [6.45, 7) is 2.40. The zero-order chi connectivity index (χ0) is 27.1. The number of hydrogen-bond acceptors (Lipinski definition) is 7. The summed E-state index contributed by atoms with van der Waals surface area (Å²) in [5.41, 5.74) is 5.02. The van der Waals surface area contributed by atoms with Crippen molar-refractivity contribution in [1.29, 1.82) is 0 Å². The Morgan fingerprint density at radius 3 is 2.74 bits per heavy atom. The van der Waals surface area contributed by atoms with Gasteiger partial charge in [0, 0.05) is 49.1 Å². The highest BCUT2D eigenvalue weighted by molar-refractivity contribution is 6.20. The van der Waals surface area contributed by atoms with E-state index in [1.807, 2.05) is 18.2 Å². The van der Waals surface area contributed by atoms with Gasteiger partial charge in [-0.1, -0.05) is 6.07 Å². The highest BCUT2D eigenvalue weighted by Crippen LogP contribution is 2.39. The molecule has 3 amide bonds. The number of rotatable bonds is 6. The number of nitrogens with one attached hydrogen (secondary N) is 1. The van der Waals surface area contributed by atoms with Gasteiger partial charge in [0.2, 0.25) is 17.7 Å². The summed E-state index contributed by atoms with van der Waals surface area (Å²) < 4.78 is 10.5. The van der Waals surface area contributed by atoms with Gasteiger partial charge in [0.1, 0.15) is 12.5 Å². The van der Waals surface area contributed by atoms with Crippen LogP contribution in [0.25, 0.3) is 0 Å². The number of anilines is 2. The molecule has 0 aliphatic carbocycles. The fourth-order valence-electron chi connectivity index (χ4n) is 5.95. The number of hydrogen-bond donors (Lipinski definition) is 1. The van der Waals surface area contributed by atoms with Crippen molar-refractivity contribution >= 4 is 46.5 Å². The van der Waals surface area contributed by atoms with E-state index in [1.165, 1.54) is 7.11 Å². The molecule has 2 aromatic carbocycles. The van der Waals surface area contributed by atoms with Crippen LogP contribution in [0.1, 0.15) is 46.7 Å². The fraction of sp³-hybridized carbons (Fsp3) is 0.414. The van der Waals surface area contributed by atoms with Crippen molar-refractivity contribution in [2.45, 2.75) is 31.6 Å². The Hall–Kier alpha value is -4.05. The molecule has 2 atom stereocenters. The predicted molar refractivity (Wildman–Crippen MR) is 143 cm³/mol. The number of fused-ring (bicyclic) bond motifs is 2. The summed E-state index contributed by atoms with van der Waals surface area (Å²) in [5, 5.41) is 2.91. The van der Waals surface area contributed by atoms with Gasteiger partial charge >= 0.3 is 5.97 Å². The number of benzene rings is 2. The molecule has 6 rings (SSSR count). The van der Waals surface area contributed by atoms with Crippen LogP contribution in [0.3, 0.4) is 0 Å². The normalized spacial score (nSPS) is 22.2. The van der Waals surface area contributed by atoms with Crippen LogP contribution in [0.2, 0.25) is 0 Å². The first-order valence-corrected chi connectivity index (χ1v) is 13.3. The van der Waals surface area contributed by atoms with Crippen molar-refractivity contribution in [3.05, 3.63) is 53.1 Å². The maximum Gasteiger partial charge on any atom is 0.337 e. The minimum atomic E-state index is -0.595. The first-order valence-electron chi connectivity index (χ1n) is 13.3. The Kier molecular flexibility index (Phi) is 6.64. The van der Waals surface area contributed by atoms with Crippen LogP contribution in [0, 0.1) is 5.92 Å². The summed E-state index contributed by atoms with van der Waals surface area (Å²) in [6, 6.07) is 10.8. The minimum Gasteiger partial charge on any atom is -0.465 e. The molecule has 10 nitrogen and oxygen atoms in total. The van der Waals surface area contributed by atoms with Crippen LogP contribution < -0.4 is 10.2 Å². The predicted octanol–water partition coefficient (Wildman–Crippen LogP) is 2.83. The van der Waals surface area contributed by atoms with E-state index in [-0.39, 0.29) is 30.2 Å². The second kappa shape index (κ2) is 10.3. The van der Waals surface area contributed by atoms with E-state index in [1.54, 1.807) is 28.0 Å². The van der Waals surface area contributed by atoms with Crippen LogP contribution in [-0.4, -0.2) is 74.3 Å². The fourth-order valence-corrected chi connectivity index (χ4v) is 5.95. The van der Waals surface area contributed by atoms with Gasteiger partial charge in [0.15, 0.2) is 0 Å². The van der Waals surface area contributed by atoms with Crippen LogP contribution in [0.4, 0.5) is 17.1 Å². The van der Waals surface area contributed by atoms with E-state index in [0.717, 1.165) is 35.4 Å². The van der Waals surface area contributed by atoms with Crippen LogP contribution in [-0.2, 0) is 30.3 Å². The number of esters is 1. The second-order valence-corrected chi connectivity index (χ2v) is 10.3. The first-order chi connectivity index (χ1) is 18.9. The standard InChI is InChI=1S/C29H30N4O6/c1-38-29(37)18-4-6-21-22(14-18)31-28(36)26(21)27(19-9-12-39-16-19)30-20-5-7-23-17(13-20)8-11-33(23)25(35)15-32-10-2-3-24(32)34/h4-7,13-14,19,26H,2-3,8-12,15-16H2,1H3,(H,31,36). The Bertz CT molecular complexity index is 1400. The molecule has 0 aromatic heterocycles. The molecule has 0 spiro atoms. The molecule has 2 fully saturated rings. The van der Waals surface area contributed by atoms with E-state index >= 15 is 0 Å². The van der Waals surface area contributed by atoms with E-state index < -0.39 is 11.9 Å². The third-order valence-electron chi connectivity index (χ3n) is 7.96. The summed E-state index contributed by atoms with van der Waals surface area (Å²) in [7, 11) is 1.32. The smallest absolute Gasteiger partial charge is 0.337 e. The molecule has 4 aliphatic rings. The van der Waals surface area contributed by atoms with Crippen LogP contribution in [0.5, 0.6) is 0 Å². The minimum absolute atomic E-state index is 0.0173. The Morgan fingerprint density at radius 2 is 2.00 bits per heavy atom. The molecule has 1 N–H and O–H groups in total. The van der Waals surface area contributed by atoms with Crippen molar-refractivity contribution in [1.82, 2.24) is 4.90 Å². The van der Waals surface area contributed by atoms with Gasteiger partial charge in [-0.05, 0) is 60.7 Å². The highest BCUT2D eigenvalue weighted by atomic mass is 16.5. The average Bonchev–Trinajstić information content (AvgIpc) is 3.73. The molecule has 0 saturated carbocycles. The molecular weight excluding hydrogens is 500 g/mol. The Morgan fingerprint density at radius 1 is 1.13 bits per heavy atom. The quantitative estimate of drug-likeness (QED) is 0.453. The van der Waals surface area contributed by atoms with Crippen molar-refractivity contribution in [2.75, 3.05) is 50.2 Å². The van der Waals surface area contributed by atoms with Crippen molar-refractivity contribution < 1.29 is 28.7 Å². The van der Waals surface area contributed by atoms with Crippen molar-refractivity contribution in [3.8, 4) is 0 Å². The van der Waals surface area contributed by atoms with Crippen LogP contribution in [0.15, 0.2) is 41.4 Å². The van der Waals surface area contributed by atoms with E-state index in [9.17, 15) is 19.2 Å². The molecule has 202 valence electrons. The molecule has 0 radical (unpaired) electrons. The summed E-state index contributed by atoms with van der Waals surface area (Å²) >= 11 is 0. The maximum absolute atomic E-state index is 13.2. The van der Waals surface area contributed by atoms with E-state index in [2.05, 4.69) is 5.32 Å². The zero-order valence-electron chi connectivity index (χ0n) is 21.8. The zero-order valence-corrected chi connectivity index (χ0v) is 21.8. The lowest BCUT2D eigenvalue weighted by Gasteiger charge is -2.22. The number of amides is 3. The first kappa shape index (κ1) is 25.2. The second-order valence-electron chi connectivity index (χ2n) is 10.3. The average molecular weight is 531 g/mol. The number of carbonyl (C=O) groups excluding carboxylic acids is 4. The topological polar surface area (TPSA) is 118 Å². The molecular formula is C29H30N4O6. The van der Waals surface area contributed by atoms with Crippen LogP contribution >= 0.6 is 0 Å². The summed E-state index contributed by atoms with van der Waals surface area (Å²) in [4.78, 5) is 58.6. The van der Waals surface area contributed by atoms with Crippen molar-refractivity contribution in [3.63, 3.8) is 0 Å². The van der Waals surface area contributed by atoms with Gasteiger partial charge < -0.3 is 24.6 Å². The largest absolute Gasteiger partial charge is 0.465 e. The molecule has 10 heteroatoms. The molecule has 2 saturated heterocycles. The van der Waals surface area contributed by atoms with Crippen molar-refractivity contribution in [2.24, 2.45) is 10.9 Å². The SMILES string of the molecule is COC(=O)c1ccc2c(c1)NC(=O)C2C(=Nc1ccc2c(c1)CCN2C(=O)CN1CCCC1=O)C1CCOC1. The van der Waals surface area contributed by atoms with E-state index in [0.29, 0.717) is 56.1 Å². The third-order valence-corrected chi connectivity index (χ3v) is 7.96. The van der Waals surface area contributed by atoms with E-state index in [4.69, 9.17) is 14.5 Å². The number of carbonyl (C=O) groups is 4. The summed E-state index contributed by atoms with van der Waals surface area (Å²) in [5.74, 6) is -1.30. The monoisotopic (exact) mass is 530 g/mol. The summed E-state index contributed by atoms with van der Waals surface area (Å²) in [6.07, 6.45) is 2.77. The molecule has 4 heterocycles. The lowest BCUT2D eigenvalue weighted by Crippen LogP contribution is -2.40. The lowest BCUT2D eigenvalue weighted by atomic mass is 9.86. The van der Waals surface area contributed by atoms with Gasteiger partial charge in [-0.2, -0.15) is 0 Å². The third kappa shape index (κ3) is 4.69. The highest BCUT2D eigenvalue weighted by Gasteiger charge is 2.39. The van der Waals surface area contributed by atoms with Gasteiger partial charge in [0.05, 0.1) is 25.0 Å². The number of likely N-dealkylation sites (tertiary alicyclic amines) is 1. The van der Waals surface area contributed by atoms with Gasteiger partial charge in [-0.15, -0.1) is 0 Å². The molecule has 0 bridgehead atoms. The number of ether oxygens (including phenoxy) is 2.